The molecular formula is C6H13N2+. The van der Waals surface area contributed by atoms with E-state index in [0.717, 1.165) is 19.3 Å². The van der Waals surface area contributed by atoms with Gasteiger partial charge in [0.2, 0.25) is 0 Å². The summed E-state index contributed by atoms with van der Waals surface area (Å²) in [7, 11) is 0. The standard InChI is InChI=1S/C6H12N2/c7-5-1-2-6(8)4-3-5/h1,6H,2-4,7-8H2/p+1. The number of quaternary nitrogens is 1. The van der Waals surface area contributed by atoms with Crippen molar-refractivity contribution in [2.24, 2.45) is 5.73 Å². The molecule has 0 spiro atoms. The van der Waals surface area contributed by atoms with Gasteiger partial charge >= 0.3 is 0 Å². The zero-order valence-electron chi connectivity index (χ0n) is 5.06. The highest BCUT2D eigenvalue weighted by atomic mass is 14.7. The van der Waals surface area contributed by atoms with E-state index in [-0.39, 0.29) is 0 Å². The van der Waals surface area contributed by atoms with E-state index < -0.39 is 0 Å². The second-order valence-electron chi connectivity index (χ2n) is 2.40. The third kappa shape index (κ3) is 1.32. The monoisotopic (exact) mass is 113 g/mol. The van der Waals surface area contributed by atoms with Gasteiger partial charge in [-0.05, 0) is 18.9 Å². The SMILES string of the molecule is NC1CC=C([NH3+])CC1. The molecule has 0 heterocycles. The first kappa shape index (κ1) is 5.79. The molecule has 0 radical (unpaired) electrons. The van der Waals surface area contributed by atoms with Crippen molar-refractivity contribution in [3.63, 3.8) is 0 Å². The normalized spacial score (nSPS) is 29.8. The molecule has 0 aliphatic heterocycles. The lowest BCUT2D eigenvalue weighted by Gasteiger charge is -2.11. The topological polar surface area (TPSA) is 53.7 Å². The summed E-state index contributed by atoms with van der Waals surface area (Å²) in [6.07, 6.45) is 5.38. The molecular weight excluding hydrogens is 100 g/mol. The van der Waals surface area contributed by atoms with Crippen molar-refractivity contribution in [1.82, 2.24) is 0 Å². The first-order chi connectivity index (χ1) is 3.79. The summed E-state index contributed by atoms with van der Waals surface area (Å²) in [6.45, 7) is 0. The Bertz CT molecular complexity index is 107. The van der Waals surface area contributed by atoms with Crippen LogP contribution in [0.5, 0.6) is 0 Å². The Balaban J connectivity index is 2.42. The first-order valence-corrected chi connectivity index (χ1v) is 3.05. The van der Waals surface area contributed by atoms with Gasteiger partial charge in [0.15, 0.2) is 0 Å². The van der Waals surface area contributed by atoms with Gasteiger partial charge in [0, 0.05) is 12.5 Å². The number of rotatable bonds is 0. The molecule has 0 amide bonds. The minimum atomic E-state index is 0.403. The maximum absolute atomic E-state index is 5.62. The van der Waals surface area contributed by atoms with E-state index in [1.165, 1.54) is 5.70 Å². The molecule has 1 atom stereocenters. The van der Waals surface area contributed by atoms with E-state index >= 15 is 0 Å². The van der Waals surface area contributed by atoms with Gasteiger partial charge in [-0.15, -0.1) is 0 Å². The molecule has 2 nitrogen and oxygen atoms in total. The molecule has 46 valence electrons. The Morgan fingerprint density at radius 2 is 2.50 bits per heavy atom. The van der Waals surface area contributed by atoms with E-state index in [1.807, 2.05) is 0 Å². The lowest BCUT2D eigenvalue weighted by Crippen LogP contribution is -2.49. The number of hydrogen-bond donors (Lipinski definition) is 2. The van der Waals surface area contributed by atoms with Crippen LogP contribution in [-0.4, -0.2) is 6.04 Å². The van der Waals surface area contributed by atoms with Crippen molar-refractivity contribution in [2.75, 3.05) is 0 Å². The lowest BCUT2D eigenvalue weighted by atomic mass is 10.0. The molecule has 1 aliphatic rings. The fourth-order valence-corrected chi connectivity index (χ4v) is 0.909. The van der Waals surface area contributed by atoms with E-state index in [0.29, 0.717) is 6.04 Å². The van der Waals surface area contributed by atoms with Gasteiger partial charge in [-0.25, -0.2) is 0 Å². The molecule has 1 aliphatic carbocycles. The van der Waals surface area contributed by atoms with Crippen LogP contribution >= 0.6 is 0 Å². The van der Waals surface area contributed by atoms with E-state index in [9.17, 15) is 0 Å². The summed E-state index contributed by atoms with van der Waals surface area (Å²) in [5, 5.41) is 0. The molecule has 0 saturated carbocycles. The molecule has 0 bridgehead atoms. The first-order valence-electron chi connectivity index (χ1n) is 3.05. The number of nitrogens with two attached hydrogens (primary N) is 1. The predicted molar refractivity (Wildman–Crippen MR) is 32.8 cm³/mol. The third-order valence-electron chi connectivity index (χ3n) is 1.55. The second kappa shape index (κ2) is 2.29. The molecule has 8 heavy (non-hydrogen) atoms. The highest BCUT2D eigenvalue weighted by molar-refractivity contribution is 4.96. The minimum Gasteiger partial charge on any atom is -0.329 e. The zero-order valence-corrected chi connectivity index (χ0v) is 5.06. The van der Waals surface area contributed by atoms with Crippen molar-refractivity contribution >= 4 is 0 Å². The van der Waals surface area contributed by atoms with Gasteiger partial charge in [-0.2, -0.15) is 0 Å². The van der Waals surface area contributed by atoms with Crippen LogP contribution in [0.4, 0.5) is 0 Å². The molecule has 0 aromatic carbocycles. The second-order valence-corrected chi connectivity index (χ2v) is 2.40. The van der Waals surface area contributed by atoms with Gasteiger partial charge in [-0.1, -0.05) is 0 Å². The fourth-order valence-electron chi connectivity index (χ4n) is 0.909. The molecule has 1 rings (SSSR count). The van der Waals surface area contributed by atoms with Gasteiger partial charge in [0.05, 0.1) is 5.70 Å². The smallest absolute Gasteiger partial charge is 0.0999 e. The van der Waals surface area contributed by atoms with Crippen LogP contribution in [0.15, 0.2) is 11.8 Å². The van der Waals surface area contributed by atoms with Crippen molar-refractivity contribution in [2.45, 2.75) is 25.3 Å². The number of hydrogen-bond acceptors (Lipinski definition) is 1. The van der Waals surface area contributed by atoms with Gasteiger partial charge < -0.3 is 11.5 Å². The van der Waals surface area contributed by atoms with Gasteiger partial charge in [0.25, 0.3) is 0 Å². The summed E-state index contributed by atoms with van der Waals surface area (Å²) < 4.78 is 0. The Kier molecular flexibility index (Phi) is 1.65. The van der Waals surface area contributed by atoms with Gasteiger partial charge in [-0.3, -0.25) is 0 Å². The quantitative estimate of drug-likeness (QED) is 0.442. The maximum Gasteiger partial charge on any atom is 0.0999 e. The van der Waals surface area contributed by atoms with Crippen LogP contribution in [0.25, 0.3) is 0 Å². The largest absolute Gasteiger partial charge is 0.329 e. The minimum absolute atomic E-state index is 0.403. The molecule has 5 N–H and O–H groups in total. The van der Waals surface area contributed by atoms with E-state index in [2.05, 4.69) is 11.8 Å². The third-order valence-corrected chi connectivity index (χ3v) is 1.55. The van der Waals surface area contributed by atoms with E-state index in [4.69, 9.17) is 5.73 Å². The van der Waals surface area contributed by atoms with Crippen molar-refractivity contribution in [1.29, 1.82) is 0 Å². The summed E-state index contributed by atoms with van der Waals surface area (Å²) in [5.41, 5.74) is 10.7. The Morgan fingerprint density at radius 3 is 2.88 bits per heavy atom. The molecule has 2 heteroatoms. The summed E-state index contributed by atoms with van der Waals surface area (Å²) in [5.74, 6) is 0. The zero-order chi connectivity index (χ0) is 5.98. The van der Waals surface area contributed by atoms with Crippen LogP contribution in [0.3, 0.4) is 0 Å². The van der Waals surface area contributed by atoms with Crippen molar-refractivity contribution < 1.29 is 5.73 Å². The lowest BCUT2D eigenvalue weighted by molar-refractivity contribution is -0.308. The molecule has 0 saturated heterocycles. The van der Waals surface area contributed by atoms with E-state index in [1.54, 1.807) is 0 Å². The average Bonchev–Trinajstić information content (AvgIpc) is 1.77. The molecule has 0 aromatic heterocycles. The van der Waals surface area contributed by atoms with Crippen molar-refractivity contribution in [3.8, 4) is 0 Å². The Hall–Kier alpha value is -0.340. The van der Waals surface area contributed by atoms with Crippen molar-refractivity contribution in [3.05, 3.63) is 11.8 Å². The molecule has 1 unspecified atom stereocenters. The van der Waals surface area contributed by atoms with Crippen LogP contribution in [0.1, 0.15) is 19.3 Å². The summed E-state index contributed by atoms with van der Waals surface area (Å²) in [6, 6.07) is 0.403. The Labute approximate surface area is 49.5 Å². The highest BCUT2D eigenvalue weighted by Gasteiger charge is 2.08. The Morgan fingerprint density at radius 1 is 1.75 bits per heavy atom. The fraction of sp³-hybridized carbons (Fsp3) is 0.667. The number of allylic oxidation sites excluding steroid dienone is 1. The van der Waals surface area contributed by atoms with Crippen LogP contribution in [0, 0.1) is 0 Å². The predicted octanol–water partition coefficient (Wildman–Crippen LogP) is -0.377. The summed E-state index contributed by atoms with van der Waals surface area (Å²) >= 11 is 0. The van der Waals surface area contributed by atoms with Crippen LogP contribution in [-0.2, 0) is 0 Å². The average molecular weight is 113 g/mol. The maximum atomic E-state index is 5.62. The molecule has 0 aromatic rings. The highest BCUT2D eigenvalue weighted by Crippen LogP contribution is 2.10. The summed E-state index contributed by atoms with van der Waals surface area (Å²) in [4.78, 5) is 0. The van der Waals surface area contributed by atoms with Gasteiger partial charge in [0.1, 0.15) is 0 Å². The molecule has 0 fully saturated rings. The van der Waals surface area contributed by atoms with Crippen LogP contribution in [0.2, 0.25) is 0 Å². The van der Waals surface area contributed by atoms with Crippen LogP contribution < -0.4 is 11.5 Å².